The van der Waals surface area contributed by atoms with Gasteiger partial charge in [0, 0.05) is 5.41 Å². The van der Waals surface area contributed by atoms with Gasteiger partial charge in [0.1, 0.15) is 0 Å². The average Bonchev–Trinajstić information content (AvgIpc) is 2.58. The van der Waals surface area contributed by atoms with Gasteiger partial charge in [0.25, 0.3) is 0 Å². The van der Waals surface area contributed by atoms with E-state index in [1.807, 2.05) is 0 Å². The standard InChI is InChI=1S/C7H7N3O4S/c11-5-6(12)10-7(9-5)8-4-1-2-15(13,14)3-4/h1-2,4H,3H2,(H2,8,9,10,11,12). The van der Waals surface area contributed by atoms with E-state index in [0.29, 0.717) is 0 Å². The van der Waals surface area contributed by atoms with Gasteiger partial charge in [-0.15, -0.1) is 0 Å². The molecule has 1 unspecified atom stereocenters. The molecule has 0 aromatic heterocycles. The first-order valence-corrected chi connectivity index (χ1v) is 5.79. The van der Waals surface area contributed by atoms with E-state index < -0.39 is 27.7 Å². The first-order valence-electron chi connectivity index (χ1n) is 4.07. The van der Waals surface area contributed by atoms with Gasteiger partial charge in [0.15, 0.2) is 9.84 Å². The summed E-state index contributed by atoms with van der Waals surface area (Å²) in [5.41, 5.74) is 0. The maximum absolute atomic E-state index is 11.0. The molecule has 0 aromatic rings. The van der Waals surface area contributed by atoms with Gasteiger partial charge in [-0.25, -0.2) is 13.4 Å². The van der Waals surface area contributed by atoms with Crippen molar-refractivity contribution < 1.29 is 18.0 Å². The van der Waals surface area contributed by atoms with Crippen LogP contribution in [-0.4, -0.2) is 38.0 Å². The molecule has 2 N–H and O–H groups in total. The van der Waals surface area contributed by atoms with Gasteiger partial charge >= 0.3 is 11.8 Å². The zero-order valence-electron chi connectivity index (χ0n) is 7.43. The van der Waals surface area contributed by atoms with Crippen molar-refractivity contribution >= 4 is 27.6 Å². The molecule has 2 aliphatic rings. The molecule has 1 atom stereocenters. The van der Waals surface area contributed by atoms with Crippen LogP contribution < -0.4 is 10.6 Å². The molecule has 2 amide bonds. The number of carbonyl (C=O) groups is 2. The molecule has 1 saturated heterocycles. The lowest BCUT2D eigenvalue weighted by atomic mass is 10.4. The number of amides is 2. The van der Waals surface area contributed by atoms with Crippen molar-refractivity contribution in [3.05, 3.63) is 11.5 Å². The van der Waals surface area contributed by atoms with Crippen molar-refractivity contribution in [1.29, 1.82) is 0 Å². The number of carbonyl (C=O) groups excluding carboxylic acids is 2. The molecule has 0 radical (unpaired) electrons. The van der Waals surface area contributed by atoms with E-state index in [4.69, 9.17) is 0 Å². The Labute approximate surface area is 85.2 Å². The van der Waals surface area contributed by atoms with Gasteiger partial charge < -0.3 is 0 Å². The van der Waals surface area contributed by atoms with E-state index >= 15 is 0 Å². The number of nitrogens with zero attached hydrogens (tertiary/aromatic N) is 1. The fourth-order valence-electron chi connectivity index (χ4n) is 1.23. The highest BCUT2D eigenvalue weighted by Crippen LogP contribution is 2.11. The van der Waals surface area contributed by atoms with Gasteiger partial charge in [0.2, 0.25) is 5.96 Å². The normalized spacial score (nSPS) is 27.7. The highest BCUT2D eigenvalue weighted by molar-refractivity contribution is 7.94. The first kappa shape index (κ1) is 9.84. The van der Waals surface area contributed by atoms with Crippen molar-refractivity contribution in [2.45, 2.75) is 6.04 Å². The van der Waals surface area contributed by atoms with E-state index in [1.54, 1.807) is 0 Å². The van der Waals surface area contributed by atoms with Crippen molar-refractivity contribution in [3.63, 3.8) is 0 Å². The highest BCUT2D eigenvalue weighted by Gasteiger charge is 2.28. The summed E-state index contributed by atoms with van der Waals surface area (Å²) in [7, 11) is -3.18. The Bertz CT molecular complexity index is 472. The van der Waals surface area contributed by atoms with E-state index in [2.05, 4.69) is 15.6 Å². The molecule has 8 heteroatoms. The second kappa shape index (κ2) is 3.16. The second-order valence-corrected chi connectivity index (χ2v) is 5.04. The summed E-state index contributed by atoms with van der Waals surface area (Å²) in [5.74, 6) is -1.73. The van der Waals surface area contributed by atoms with E-state index in [9.17, 15) is 18.0 Å². The van der Waals surface area contributed by atoms with Crippen molar-refractivity contribution in [2.24, 2.45) is 4.99 Å². The van der Waals surface area contributed by atoms with Crippen molar-refractivity contribution in [2.75, 3.05) is 5.75 Å². The summed E-state index contributed by atoms with van der Waals surface area (Å²) in [6.07, 6.45) is 1.40. The molecular weight excluding hydrogens is 222 g/mol. The van der Waals surface area contributed by atoms with Crippen LogP contribution in [0.25, 0.3) is 0 Å². The number of hydrogen-bond acceptors (Lipinski definition) is 5. The van der Waals surface area contributed by atoms with Crippen LogP contribution in [0, 0.1) is 0 Å². The topological polar surface area (TPSA) is 105 Å². The van der Waals surface area contributed by atoms with Crippen LogP contribution in [0.2, 0.25) is 0 Å². The molecule has 80 valence electrons. The molecule has 1 fully saturated rings. The minimum absolute atomic E-state index is 0.00301. The summed E-state index contributed by atoms with van der Waals surface area (Å²) < 4.78 is 22.0. The van der Waals surface area contributed by atoms with Gasteiger partial charge in [-0.05, 0) is 6.08 Å². The van der Waals surface area contributed by atoms with Gasteiger partial charge in [0.05, 0.1) is 11.8 Å². The number of aliphatic imine (C=N–C) groups is 1. The molecule has 0 aliphatic carbocycles. The van der Waals surface area contributed by atoms with E-state index in [1.165, 1.54) is 6.08 Å². The summed E-state index contributed by atoms with van der Waals surface area (Å²) in [5, 5.41) is 5.43. The fourth-order valence-corrected chi connectivity index (χ4v) is 2.42. The smallest absolute Gasteiger partial charge is 0.288 e. The van der Waals surface area contributed by atoms with Gasteiger partial charge in [-0.1, -0.05) is 0 Å². The van der Waals surface area contributed by atoms with Crippen LogP contribution in [0.4, 0.5) is 0 Å². The van der Waals surface area contributed by atoms with Gasteiger partial charge in [-0.2, -0.15) is 0 Å². The number of nitrogens with one attached hydrogen (secondary N) is 2. The Morgan fingerprint density at radius 1 is 1.27 bits per heavy atom. The lowest BCUT2D eigenvalue weighted by Crippen LogP contribution is -2.28. The minimum Gasteiger partial charge on any atom is -0.288 e. The maximum atomic E-state index is 11.0. The average molecular weight is 229 g/mol. The largest absolute Gasteiger partial charge is 0.316 e. The van der Waals surface area contributed by atoms with E-state index in [-0.39, 0.29) is 11.7 Å². The molecule has 2 aliphatic heterocycles. The molecule has 0 spiro atoms. The predicted octanol–water partition coefficient (Wildman–Crippen LogP) is -2.10. The number of rotatable bonds is 1. The first-order chi connectivity index (χ1) is 6.96. The molecule has 0 bridgehead atoms. The van der Waals surface area contributed by atoms with Gasteiger partial charge in [-0.3, -0.25) is 20.2 Å². The predicted molar refractivity (Wildman–Crippen MR) is 50.4 cm³/mol. The Morgan fingerprint density at radius 2 is 1.87 bits per heavy atom. The summed E-state index contributed by atoms with van der Waals surface area (Å²) in [6, 6.07) is -0.552. The fraction of sp³-hybridized carbons (Fsp3) is 0.286. The molecule has 2 heterocycles. The highest BCUT2D eigenvalue weighted by atomic mass is 32.2. The second-order valence-electron chi connectivity index (χ2n) is 3.11. The zero-order chi connectivity index (χ0) is 11.1. The molecule has 15 heavy (non-hydrogen) atoms. The van der Waals surface area contributed by atoms with E-state index in [0.717, 1.165) is 5.41 Å². The van der Waals surface area contributed by atoms with Crippen LogP contribution in [0.3, 0.4) is 0 Å². The summed E-state index contributed by atoms with van der Waals surface area (Å²) in [6.45, 7) is 0. The van der Waals surface area contributed by atoms with Crippen molar-refractivity contribution in [3.8, 4) is 0 Å². The third kappa shape index (κ3) is 2.04. The number of sulfone groups is 1. The molecule has 0 aromatic carbocycles. The van der Waals surface area contributed by atoms with Crippen LogP contribution in [-0.2, 0) is 19.4 Å². The summed E-state index contributed by atoms with van der Waals surface area (Å²) >= 11 is 0. The van der Waals surface area contributed by atoms with Crippen LogP contribution in [0.1, 0.15) is 0 Å². The van der Waals surface area contributed by atoms with Crippen LogP contribution in [0.15, 0.2) is 16.5 Å². The molecule has 2 rings (SSSR count). The Hall–Kier alpha value is -1.70. The lowest BCUT2D eigenvalue weighted by molar-refractivity contribution is -0.135. The number of hydrogen-bond donors (Lipinski definition) is 2. The van der Waals surface area contributed by atoms with Crippen LogP contribution in [0.5, 0.6) is 0 Å². The Morgan fingerprint density at radius 3 is 2.33 bits per heavy atom. The number of guanidine groups is 1. The SMILES string of the molecule is O=C1NC(=NC2C=CS(=O)(=O)C2)NC1=O. The Balaban J connectivity index is 2.11. The monoisotopic (exact) mass is 229 g/mol. The molecule has 7 nitrogen and oxygen atoms in total. The summed E-state index contributed by atoms with van der Waals surface area (Å²) in [4.78, 5) is 25.3. The lowest BCUT2D eigenvalue weighted by Gasteiger charge is -2.00. The Kier molecular flexibility index (Phi) is 2.07. The molecular formula is C7H7N3O4S. The van der Waals surface area contributed by atoms with Crippen molar-refractivity contribution in [1.82, 2.24) is 10.6 Å². The maximum Gasteiger partial charge on any atom is 0.316 e. The third-order valence-corrected chi connectivity index (χ3v) is 3.25. The zero-order valence-corrected chi connectivity index (χ0v) is 8.24. The third-order valence-electron chi connectivity index (χ3n) is 1.88. The quantitative estimate of drug-likeness (QED) is 0.502. The minimum atomic E-state index is -3.18. The molecule has 0 saturated carbocycles. The van der Waals surface area contributed by atoms with Crippen LogP contribution >= 0.6 is 0 Å².